The van der Waals surface area contributed by atoms with Crippen molar-refractivity contribution in [3.05, 3.63) is 27.9 Å². The Bertz CT molecular complexity index is 476. The Balaban J connectivity index is 2.08. The van der Waals surface area contributed by atoms with Crippen molar-refractivity contribution in [2.45, 2.75) is 46.1 Å². The molecule has 1 heterocycles. The lowest BCUT2D eigenvalue weighted by molar-refractivity contribution is -0.385. The number of aryl methyl sites for hydroxylation is 1. The maximum atomic E-state index is 10.8. The summed E-state index contributed by atoms with van der Waals surface area (Å²) < 4.78 is 0. The van der Waals surface area contributed by atoms with Crippen molar-refractivity contribution in [2.75, 3.05) is 5.32 Å². The highest BCUT2D eigenvalue weighted by Gasteiger charge is 2.31. The number of hydrogen-bond acceptors (Lipinski definition) is 4. The Kier molecular flexibility index (Phi) is 4.02. The van der Waals surface area contributed by atoms with Crippen molar-refractivity contribution < 1.29 is 4.92 Å². The van der Waals surface area contributed by atoms with Crippen molar-refractivity contribution in [3.63, 3.8) is 0 Å². The van der Waals surface area contributed by atoms with Crippen molar-refractivity contribution in [1.82, 2.24) is 4.98 Å². The van der Waals surface area contributed by atoms with Crippen LogP contribution in [-0.2, 0) is 0 Å². The molecule has 104 valence electrons. The van der Waals surface area contributed by atoms with Gasteiger partial charge in [0.1, 0.15) is 12.0 Å². The molecule has 0 amide bonds. The maximum Gasteiger partial charge on any atom is 0.290 e. The van der Waals surface area contributed by atoms with E-state index in [0.717, 1.165) is 18.2 Å². The van der Waals surface area contributed by atoms with Gasteiger partial charge in [-0.3, -0.25) is 10.1 Å². The second kappa shape index (κ2) is 5.55. The highest BCUT2D eigenvalue weighted by atomic mass is 16.6. The van der Waals surface area contributed by atoms with Gasteiger partial charge in [0.2, 0.25) is 0 Å². The summed E-state index contributed by atoms with van der Waals surface area (Å²) in [5.41, 5.74) is 0.733. The fourth-order valence-corrected chi connectivity index (χ4v) is 3.04. The van der Waals surface area contributed by atoms with Gasteiger partial charge in [-0.05, 0) is 37.7 Å². The molecule has 1 fully saturated rings. The Morgan fingerprint density at radius 3 is 2.79 bits per heavy atom. The van der Waals surface area contributed by atoms with E-state index in [0.29, 0.717) is 17.5 Å². The minimum Gasteiger partial charge on any atom is -0.367 e. The molecule has 0 spiro atoms. The molecule has 5 heteroatoms. The number of nitrogens with one attached hydrogen (secondary N) is 1. The predicted octanol–water partition coefficient (Wildman–Crippen LogP) is 3.53. The number of anilines is 1. The minimum absolute atomic E-state index is 0.0801. The van der Waals surface area contributed by atoms with Crippen LogP contribution in [0.1, 0.15) is 38.7 Å². The van der Waals surface area contributed by atoms with Crippen LogP contribution in [0, 0.1) is 28.9 Å². The number of aromatic nitrogens is 1. The summed E-state index contributed by atoms with van der Waals surface area (Å²) in [5.74, 6) is 2.15. The van der Waals surface area contributed by atoms with E-state index in [1.807, 2.05) is 0 Å². The molecule has 19 heavy (non-hydrogen) atoms. The largest absolute Gasteiger partial charge is 0.367 e. The topological polar surface area (TPSA) is 68.1 Å². The molecule has 1 aliphatic rings. The van der Waals surface area contributed by atoms with Gasteiger partial charge in [0.25, 0.3) is 5.69 Å². The van der Waals surface area contributed by atoms with Gasteiger partial charge in [-0.15, -0.1) is 0 Å². The fraction of sp³-hybridized carbons (Fsp3) is 0.643. The van der Waals surface area contributed by atoms with Gasteiger partial charge in [0.15, 0.2) is 0 Å². The van der Waals surface area contributed by atoms with Crippen molar-refractivity contribution >= 4 is 11.5 Å². The molecule has 1 aliphatic carbocycles. The smallest absolute Gasteiger partial charge is 0.290 e. The van der Waals surface area contributed by atoms with E-state index in [-0.39, 0.29) is 5.69 Å². The van der Waals surface area contributed by atoms with Crippen molar-refractivity contribution in [1.29, 1.82) is 0 Å². The second-order valence-electron chi connectivity index (χ2n) is 5.47. The van der Waals surface area contributed by atoms with Crippen LogP contribution < -0.4 is 5.32 Å². The van der Waals surface area contributed by atoms with Crippen molar-refractivity contribution in [2.24, 2.45) is 11.8 Å². The van der Waals surface area contributed by atoms with Crippen LogP contribution in [0.25, 0.3) is 0 Å². The van der Waals surface area contributed by atoms with E-state index in [9.17, 15) is 10.1 Å². The Morgan fingerprint density at radius 2 is 2.26 bits per heavy atom. The monoisotopic (exact) mass is 263 g/mol. The highest BCUT2D eigenvalue weighted by molar-refractivity contribution is 5.47. The normalized spacial score (nSPS) is 26.4. The Hall–Kier alpha value is -1.65. The Morgan fingerprint density at radius 1 is 1.53 bits per heavy atom. The molecule has 0 bridgehead atoms. The molecule has 0 aliphatic heterocycles. The van der Waals surface area contributed by atoms with E-state index in [1.165, 1.54) is 19.0 Å². The summed E-state index contributed by atoms with van der Waals surface area (Å²) in [4.78, 5) is 14.5. The van der Waals surface area contributed by atoms with Crippen LogP contribution in [0.5, 0.6) is 0 Å². The predicted molar refractivity (Wildman–Crippen MR) is 75.2 cm³/mol. The lowest BCUT2D eigenvalue weighted by Crippen LogP contribution is -2.25. The van der Waals surface area contributed by atoms with Gasteiger partial charge in [0, 0.05) is 11.6 Å². The van der Waals surface area contributed by atoms with Gasteiger partial charge in [0.05, 0.1) is 4.92 Å². The van der Waals surface area contributed by atoms with Gasteiger partial charge in [-0.25, -0.2) is 4.98 Å². The molecule has 0 radical (unpaired) electrons. The van der Waals surface area contributed by atoms with E-state index in [2.05, 4.69) is 24.1 Å². The molecule has 1 N–H and O–H groups in total. The average molecular weight is 263 g/mol. The molecule has 1 saturated carbocycles. The van der Waals surface area contributed by atoms with Gasteiger partial charge < -0.3 is 5.32 Å². The molecule has 1 aromatic rings. The third-order valence-corrected chi connectivity index (χ3v) is 4.36. The van der Waals surface area contributed by atoms with Crippen LogP contribution in [0.4, 0.5) is 11.5 Å². The average Bonchev–Trinajstić information content (AvgIpc) is 2.70. The second-order valence-corrected chi connectivity index (χ2v) is 5.47. The minimum atomic E-state index is -0.391. The molecule has 5 nitrogen and oxygen atoms in total. The molecule has 3 unspecified atom stereocenters. The molecule has 1 aromatic heterocycles. The first-order valence-corrected chi connectivity index (χ1v) is 6.90. The summed E-state index contributed by atoms with van der Waals surface area (Å²) in [6.07, 6.45) is 4.96. The molecule has 0 saturated heterocycles. The van der Waals surface area contributed by atoms with Crippen LogP contribution in [-0.4, -0.2) is 15.9 Å². The zero-order chi connectivity index (χ0) is 14.0. The number of nitro groups is 1. The quantitative estimate of drug-likeness (QED) is 0.666. The summed E-state index contributed by atoms with van der Waals surface area (Å²) in [5, 5.41) is 14.2. The highest BCUT2D eigenvalue weighted by Crippen LogP contribution is 2.35. The van der Waals surface area contributed by atoms with E-state index >= 15 is 0 Å². The van der Waals surface area contributed by atoms with Crippen LogP contribution in [0.15, 0.2) is 12.3 Å². The van der Waals surface area contributed by atoms with Crippen LogP contribution in [0.2, 0.25) is 0 Å². The standard InChI is InChI=1S/C14H21N3O2/c1-4-11-5-6-12(10(11)3)16-14-7-9(2)13(8-15-14)17(18)19/h7-8,10-12H,4-6H2,1-3H3,(H,15,16). The Labute approximate surface area is 113 Å². The van der Waals surface area contributed by atoms with E-state index < -0.39 is 4.92 Å². The number of rotatable bonds is 4. The van der Waals surface area contributed by atoms with Gasteiger partial charge in [-0.2, -0.15) is 0 Å². The molecular weight excluding hydrogens is 242 g/mol. The summed E-state index contributed by atoms with van der Waals surface area (Å²) in [6, 6.07) is 2.20. The first kappa shape index (κ1) is 13.8. The molecule has 2 rings (SSSR count). The van der Waals surface area contributed by atoms with Crippen LogP contribution in [0.3, 0.4) is 0 Å². The number of hydrogen-bond donors (Lipinski definition) is 1. The van der Waals surface area contributed by atoms with E-state index in [4.69, 9.17) is 0 Å². The van der Waals surface area contributed by atoms with Gasteiger partial charge >= 0.3 is 0 Å². The van der Waals surface area contributed by atoms with Crippen molar-refractivity contribution in [3.8, 4) is 0 Å². The lowest BCUT2D eigenvalue weighted by atomic mass is 9.93. The fourth-order valence-electron chi connectivity index (χ4n) is 3.04. The lowest BCUT2D eigenvalue weighted by Gasteiger charge is -2.21. The third kappa shape index (κ3) is 2.85. The summed E-state index contributed by atoms with van der Waals surface area (Å²) in [6.45, 7) is 6.26. The zero-order valence-corrected chi connectivity index (χ0v) is 11.7. The zero-order valence-electron chi connectivity index (χ0n) is 11.7. The number of pyridine rings is 1. The SMILES string of the molecule is CCC1CCC(Nc2cc(C)c([N+](=O)[O-])cn2)C1C. The molecular formula is C14H21N3O2. The first-order valence-electron chi connectivity index (χ1n) is 6.90. The molecule has 3 atom stereocenters. The summed E-state index contributed by atoms with van der Waals surface area (Å²) in [7, 11) is 0. The first-order chi connectivity index (χ1) is 9.02. The van der Waals surface area contributed by atoms with Crippen LogP contribution >= 0.6 is 0 Å². The number of nitrogens with zero attached hydrogens (tertiary/aromatic N) is 2. The molecule has 0 aromatic carbocycles. The van der Waals surface area contributed by atoms with Gasteiger partial charge in [-0.1, -0.05) is 20.3 Å². The maximum absolute atomic E-state index is 10.8. The third-order valence-electron chi connectivity index (χ3n) is 4.36. The summed E-state index contributed by atoms with van der Waals surface area (Å²) >= 11 is 0. The van der Waals surface area contributed by atoms with E-state index in [1.54, 1.807) is 13.0 Å².